The molecule has 3 unspecified atom stereocenters. The van der Waals surface area contributed by atoms with Crippen LogP contribution in [-0.2, 0) is 22.9 Å². The van der Waals surface area contributed by atoms with Gasteiger partial charge in [0.1, 0.15) is 0 Å². The fourth-order valence-corrected chi connectivity index (χ4v) is 6.05. The van der Waals surface area contributed by atoms with Crippen molar-refractivity contribution in [3.05, 3.63) is 69.8 Å². The highest BCUT2D eigenvalue weighted by Crippen LogP contribution is 2.50. The summed E-state index contributed by atoms with van der Waals surface area (Å²) in [5.74, 6) is 0.588. The van der Waals surface area contributed by atoms with E-state index in [1.54, 1.807) is 0 Å². The summed E-state index contributed by atoms with van der Waals surface area (Å²) in [4.78, 5) is 0. The van der Waals surface area contributed by atoms with Crippen LogP contribution in [0.25, 0.3) is 0 Å². The molecule has 0 aliphatic heterocycles. The van der Waals surface area contributed by atoms with Gasteiger partial charge in [-0.15, -0.1) is 0 Å². The Hall–Kier alpha value is -1.60. The maximum atomic E-state index is 12.0. The zero-order valence-corrected chi connectivity index (χ0v) is 19.4. The highest BCUT2D eigenvalue weighted by atomic mass is 16.3. The first-order chi connectivity index (χ1) is 13.4. The fraction of sp³-hybridized carbons (Fsp3) is 0.571. The monoisotopic (exact) mass is 390 g/mol. The van der Waals surface area contributed by atoms with Crippen LogP contribution < -0.4 is 0 Å². The number of hydrogen-bond donors (Lipinski definition) is 1. The molecule has 3 atom stereocenters. The first-order valence-electron chi connectivity index (χ1n) is 11.4. The van der Waals surface area contributed by atoms with Crippen molar-refractivity contribution in [3.63, 3.8) is 0 Å². The number of hydrogen-bond acceptors (Lipinski definition) is 1. The predicted molar refractivity (Wildman–Crippen MR) is 123 cm³/mol. The van der Waals surface area contributed by atoms with E-state index in [0.717, 1.165) is 18.4 Å². The zero-order valence-electron chi connectivity index (χ0n) is 19.4. The molecule has 0 aromatic heterocycles. The van der Waals surface area contributed by atoms with Gasteiger partial charge in [-0.05, 0) is 84.1 Å². The molecule has 0 saturated heterocycles. The highest BCUT2D eigenvalue weighted by molar-refractivity contribution is 5.47. The van der Waals surface area contributed by atoms with Crippen molar-refractivity contribution in [1.82, 2.24) is 0 Å². The summed E-state index contributed by atoms with van der Waals surface area (Å²) < 4.78 is 0. The lowest BCUT2D eigenvalue weighted by Crippen LogP contribution is -2.38. The molecule has 4 rings (SSSR count). The summed E-state index contributed by atoms with van der Waals surface area (Å²) in [6, 6.07) is 13.7. The lowest BCUT2D eigenvalue weighted by molar-refractivity contribution is 0.00295. The molecule has 0 bridgehead atoms. The first kappa shape index (κ1) is 20.7. The second-order valence-corrected chi connectivity index (χ2v) is 11.4. The Morgan fingerprint density at radius 2 is 1.59 bits per heavy atom. The van der Waals surface area contributed by atoms with Crippen LogP contribution in [0.2, 0.25) is 0 Å². The summed E-state index contributed by atoms with van der Waals surface area (Å²) in [6.07, 6.45) is 4.67. The number of fused-ring (bicyclic) bond motifs is 2. The molecule has 156 valence electrons. The Balaban J connectivity index is 1.83. The molecule has 1 N–H and O–H groups in total. The van der Waals surface area contributed by atoms with Crippen molar-refractivity contribution in [2.75, 3.05) is 0 Å². The molecule has 0 radical (unpaired) electrons. The normalized spacial score (nSPS) is 26.9. The van der Waals surface area contributed by atoms with E-state index in [9.17, 15) is 5.11 Å². The van der Waals surface area contributed by atoms with Gasteiger partial charge in [-0.1, -0.05) is 76.6 Å². The van der Waals surface area contributed by atoms with Gasteiger partial charge in [0.05, 0.1) is 5.60 Å². The molecule has 0 saturated carbocycles. The van der Waals surface area contributed by atoms with Crippen molar-refractivity contribution in [2.45, 2.75) is 96.5 Å². The summed E-state index contributed by atoms with van der Waals surface area (Å²) >= 11 is 0. The average molecular weight is 391 g/mol. The average Bonchev–Trinajstić information content (AvgIpc) is 2.65. The summed E-state index contributed by atoms with van der Waals surface area (Å²) in [5, 5.41) is 12.0. The molecule has 0 fully saturated rings. The standard InChI is InChI=1S/C28H38O/c1-18-8-12-22-20(16-18)10-9-19(2)25(22)28(7,29)21-11-13-23-24(17-21)27(5,6)15-14-26(23,3)4/h8,11-13,16-17,19,25,29H,9-10,14-15H2,1-7H3. The minimum absolute atomic E-state index is 0.129. The maximum Gasteiger partial charge on any atom is 0.0939 e. The van der Waals surface area contributed by atoms with Crippen LogP contribution in [0.15, 0.2) is 36.4 Å². The van der Waals surface area contributed by atoms with E-state index in [4.69, 9.17) is 0 Å². The summed E-state index contributed by atoms with van der Waals surface area (Å²) in [7, 11) is 0. The van der Waals surface area contributed by atoms with E-state index in [1.807, 2.05) is 6.92 Å². The van der Waals surface area contributed by atoms with Crippen LogP contribution in [0.3, 0.4) is 0 Å². The second kappa shape index (κ2) is 6.71. The second-order valence-electron chi connectivity index (χ2n) is 11.4. The Labute approximate surface area is 177 Å². The Morgan fingerprint density at radius 1 is 0.931 bits per heavy atom. The fourth-order valence-electron chi connectivity index (χ4n) is 6.05. The predicted octanol–water partition coefficient (Wildman–Crippen LogP) is 6.92. The van der Waals surface area contributed by atoms with E-state index >= 15 is 0 Å². The third kappa shape index (κ3) is 3.36. The molecule has 0 heterocycles. The highest BCUT2D eigenvalue weighted by Gasteiger charge is 2.43. The van der Waals surface area contributed by atoms with Crippen LogP contribution in [0.1, 0.15) is 100 Å². The van der Waals surface area contributed by atoms with Gasteiger partial charge in [0, 0.05) is 5.92 Å². The summed E-state index contributed by atoms with van der Waals surface area (Å²) in [5.41, 5.74) is 7.53. The van der Waals surface area contributed by atoms with Crippen LogP contribution in [0.5, 0.6) is 0 Å². The number of rotatable bonds is 2. The van der Waals surface area contributed by atoms with Gasteiger partial charge in [-0.3, -0.25) is 0 Å². The van der Waals surface area contributed by atoms with E-state index in [0.29, 0.717) is 5.92 Å². The Morgan fingerprint density at radius 3 is 2.28 bits per heavy atom. The lowest BCUT2D eigenvalue weighted by atomic mass is 9.61. The molecule has 2 aliphatic rings. The Kier molecular flexibility index (Phi) is 4.78. The van der Waals surface area contributed by atoms with Crippen molar-refractivity contribution in [3.8, 4) is 0 Å². The number of aliphatic hydroxyl groups is 1. The van der Waals surface area contributed by atoms with Gasteiger partial charge in [-0.25, -0.2) is 0 Å². The number of aryl methyl sites for hydroxylation is 2. The molecule has 0 amide bonds. The molecule has 2 aromatic carbocycles. The first-order valence-corrected chi connectivity index (χ1v) is 11.4. The Bertz CT molecular complexity index is 931. The van der Waals surface area contributed by atoms with Crippen LogP contribution in [0.4, 0.5) is 0 Å². The molecule has 1 nitrogen and oxygen atoms in total. The van der Waals surface area contributed by atoms with Gasteiger partial charge in [0.2, 0.25) is 0 Å². The maximum absolute atomic E-state index is 12.0. The lowest BCUT2D eigenvalue weighted by Gasteiger charge is -2.45. The van der Waals surface area contributed by atoms with Crippen molar-refractivity contribution < 1.29 is 5.11 Å². The van der Waals surface area contributed by atoms with Crippen LogP contribution in [0, 0.1) is 12.8 Å². The molecule has 2 aromatic rings. The molecule has 1 heteroatoms. The minimum Gasteiger partial charge on any atom is -0.385 e. The number of benzene rings is 2. The van der Waals surface area contributed by atoms with E-state index in [2.05, 4.69) is 77.9 Å². The van der Waals surface area contributed by atoms with Gasteiger partial charge in [0.15, 0.2) is 0 Å². The van der Waals surface area contributed by atoms with E-state index < -0.39 is 5.60 Å². The van der Waals surface area contributed by atoms with Crippen LogP contribution in [-0.4, -0.2) is 5.11 Å². The van der Waals surface area contributed by atoms with E-state index in [-0.39, 0.29) is 16.7 Å². The third-order valence-electron chi connectivity index (χ3n) is 8.11. The van der Waals surface area contributed by atoms with E-state index in [1.165, 1.54) is 40.7 Å². The smallest absolute Gasteiger partial charge is 0.0939 e. The molecular formula is C28H38O. The SMILES string of the molecule is Cc1ccc2c(c1)CCC(C)C2C(C)(O)c1ccc2c(c1)C(C)(C)CCC2(C)C. The van der Waals surface area contributed by atoms with Gasteiger partial charge in [-0.2, -0.15) is 0 Å². The zero-order chi connectivity index (χ0) is 21.2. The molecule has 29 heavy (non-hydrogen) atoms. The van der Waals surface area contributed by atoms with Gasteiger partial charge >= 0.3 is 0 Å². The topological polar surface area (TPSA) is 20.2 Å². The van der Waals surface area contributed by atoms with Gasteiger partial charge in [0.25, 0.3) is 0 Å². The minimum atomic E-state index is -0.878. The van der Waals surface area contributed by atoms with Crippen molar-refractivity contribution >= 4 is 0 Å². The molecule has 0 spiro atoms. The molecular weight excluding hydrogens is 352 g/mol. The van der Waals surface area contributed by atoms with Crippen molar-refractivity contribution in [1.29, 1.82) is 0 Å². The van der Waals surface area contributed by atoms with Crippen LogP contribution >= 0.6 is 0 Å². The third-order valence-corrected chi connectivity index (χ3v) is 8.11. The van der Waals surface area contributed by atoms with Crippen molar-refractivity contribution in [2.24, 2.45) is 5.92 Å². The summed E-state index contributed by atoms with van der Waals surface area (Å²) in [6.45, 7) is 16.0. The largest absolute Gasteiger partial charge is 0.385 e. The molecule has 2 aliphatic carbocycles. The van der Waals surface area contributed by atoms with Gasteiger partial charge < -0.3 is 5.11 Å². The quantitative estimate of drug-likeness (QED) is 0.590.